The van der Waals surface area contributed by atoms with Crippen molar-refractivity contribution in [2.24, 2.45) is 0 Å². The highest BCUT2D eigenvalue weighted by Gasteiger charge is 2.33. The number of carbonyl (C=O) groups is 1. The summed E-state index contributed by atoms with van der Waals surface area (Å²) in [5, 5.41) is 0. The van der Waals surface area contributed by atoms with Crippen molar-refractivity contribution in [3.05, 3.63) is 0 Å². The molecule has 2 rings (SSSR count). The maximum atomic E-state index is 11.2. The van der Waals surface area contributed by atoms with E-state index in [0.717, 1.165) is 45.3 Å². The molecule has 3 nitrogen and oxygen atoms in total. The van der Waals surface area contributed by atoms with Gasteiger partial charge in [0.15, 0.2) is 5.60 Å². The van der Waals surface area contributed by atoms with Crippen LogP contribution in [0.5, 0.6) is 0 Å². The molecule has 0 N–H and O–H groups in total. The lowest BCUT2D eigenvalue weighted by molar-refractivity contribution is -0.153. The topological polar surface area (TPSA) is 29.5 Å². The standard InChI is InChI=1S/C15H23NO2/c1-14(17)18-15(8-3-2-4-9-15)10-7-13-16-11-5-6-12-16/h2-6,8-9,11-13H2,1H3. The van der Waals surface area contributed by atoms with Crippen molar-refractivity contribution < 1.29 is 9.53 Å². The highest BCUT2D eigenvalue weighted by Crippen LogP contribution is 2.31. The second-order valence-electron chi connectivity index (χ2n) is 5.43. The van der Waals surface area contributed by atoms with Gasteiger partial charge in [-0.3, -0.25) is 9.69 Å². The molecule has 18 heavy (non-hydrogen) atoms. The number of esters is 1. The van der Waals surface area contributed by atoms with Gasteiger partial charge < -0.3 is 4.74 Å². The molecule has 3 heteroatoms. The normalized spacial score (nSPS) is 23.2. The van der Waals surface area contributed by atoms with Gasteiger partial charge in [0, 0.05) is 6.92 Å². The minimum absolute atomic E-state index is 0.202. The molecule has 2 aliphatic rings. The fourth-order valence-corrected chi connectivity index (χ4v) is 2.90. The molecule has 100 valence electrons. The van der Waals surface area contributed by atoms with E-state index in [0.29, 0.717) is 0 Å². The molecular weight excluding hydrogens is 226 g/mol. The molecule has 0 bridgehead atoms. The first kappa shape index (κ1) is 13.4. The van der Waals surface area contributed by atoms with Crippen LogP contribution in [0.15, 0.2) is 0 Å². The van der Waals surface area contributed by atoms with Gasteiger partial charge in [-0.2, -0.15) is 0 Å². The Balaban J connectivity index is 1.95. The van der Waals surface area contributed by atoms with Crippen molar-refractivity contribution in [1.82, 2.24) is 4.90 Å². The van der Waals surface area contributed by atoms with Crippen LogP contribution in [-0.4, -0.2) is 36.1 Å². The quantitative estimate of drug-likeness (QED) is 0.556. The van der Waals surface area contributed by atoms with Crippen LogP contribution in [0, 0.1) is 11.8 Å². The van der Waals surface area contributed by atoms with Crippen molar-refractivity contribution in [3.8, 4) is 11.8 Å². The lowest BCUT2D eigenvalue weighted by atomic mass is 9.85. The van der Waals surface area contributed by atoms with Gasteiger partial charge in [0.1, 0.15) is 0 Å². The zero-order chi connectivity index (χ0) is 12.8. The van der Waals surface area contributed by atoms with Crippen LogP contribution < -0.4 is 0 Å². The summed E-state index contributed by atoms with van der Waals surface area (Å²) in [6.07, 6.45) is 7.85. The first-order valence-corrected chi connectivity index (χ1v) is 7.12. The average Bonchev–Trinajstić information content (AvgIpc) is 2.82. The number of likely N-dealkylation sites (tertiary alicyclic amines) is 1. The van der Waals surface area contributed by atoms with Crippen molar-refractivity contribution in [2.45, 2.75) is 57.5 Å². The molecule has 0 unspecified atom stereocenters. The minimum Gasteiger partial charge on any atom is -0.446 e. The van der Waals surface area contributed by atoms with Gasteiger partial charge >= 0.3 is 5.97 Å². The summed E-state index contributed by atoms with van der Waals surface area (Å²) in [4.78, 5) is 13.6. The monoisotopic (exact) mass is 249 g/mol. The van der Waals surface area contributed by atoms with Gasteiger partial charge in [-0.25, -0.2) is 0 Å². The fourth-order valence-electron chi connectivity index (χ4n) is 2.90. The largest absolute Gasteiger partial charge is 0.446 e. The Morgan fingerprint density at radius 1 is 1.17 bits per heavy atom. The Hall–Kier alpha value is -1.01. The molecule has 0 amide bonds. The van der Waals surface area contributed by atoms with Crippen LogP contribution in [0.25, 0.3) is 0 Å². The number of nitrogens with zero attached hydrogens (tertiary/aromatic N) is 1. The molecular formula is C15H23NO2. The molecule has 2 fully saturated rings. The second-order valence-corrected chi connectivity index (χ2v) is 5.43. The lowest BCUT2D eigenvalue weighted by Crippen LogP contribution is -2.35. The van der Waals surface area contributed by atoms with Gasteiger partial charge in [0.05, 0.1) is 6.54 Å². The first-order chi connectivity index (χ1) is 8.70. The van der Waals surface area contributed by atoms with Crippen molar-refractivity contribution in [1.29, 1.82) is 0 Å². The maximum absolute atomic E-state index is 11.2. The maximum Gasteiger partial charge on any atom is 0.304 e. The van der Waals surface area contributed by atoms with Crippen LogP contribution in [0.3, 0.4) is 0 Å². The van der Waals surface area contributed by atoms with Gasteiger partial charge in [-0.15, -0.1) is 0 Å². The van der Waals surface area contributed by atoms with Gasteiger partial charge in [0.25, 0.3) is 0 Å². The molecule has 0 aromatic heterocycles. The van der Waals surface area contributed by atoms with E-state index in [4.69, 9.17) is 4.74 Å². The number of rotatable bonds is 2. The molecule has 1 saturated carbocycles. The molecule has 0 aromatic rings. The van der Waals surface area contributed by atoms with E-state index in [2.05, 4.69) is 16.7 Å². The molecule has 0 aromatic carbocycles. The highest BCUT2D eigenvalue weighted by molar-refractivity contribution is 5.67. The van der Waals surface area contributed by atoms with Gasteiger partial charge in [-0.05, 0) is 51.6 Å². The van der Waals surface area contributed by atoms with E-state index >= 15 is 0 Å². The predicted molar refractivity (Wildman–Crippen MR) is 71.0 cm³/mol. The van der Waals surface area contributed by atoms with Crippen molar-refractivity contribution in [3.63, 3.8) is 0 Å². The van der Waals surface area contributed by atoms with Gasteiger partial charge in [-0.1, -0.05) is 18.3 Å². The zero-order valence-electron chi connectivity index (χ0n) is 11.3. The number of carbonyl (C=O) groups excluding carboxylic acids is 1. The molecule has 0 spiro atoms. The Morgan fingerprint density at radius 2 is 1.83 bits per heavy atom. The molecule has 0 radical (unpaired) electrons. The van der Waals surface area contributed by atoms with Crippen LogP contribution in [0.2, 0.25) is 0 Å². The minimum atomic E-state index is -0.482. The summed E-state index contributed by atoms with van der Waals surface area (Å²) in [7, 11) is 0. The van der Waals surface area contributed by atoms with Crippen LogP contribution in [-0.2, 0) is 9.53 Å². The Morgan fingerprint density at radius 3 is 2.44 bits per heavy atom. The third-order valence-electron chi connectivity index (χ3n) is 3.82. The number of hydrogen-bond donors (Lipinski definition) is 0. The van der Waals surface area contributed by atoms with E-state index in [1.54, 1.807) is 0 Å². The summed E-state index contributed by atoms with van der Waals surface area (Å²) in [5.41, 5.74) is -0.482. The van der Waals surface area contributed by atoms with Crippen LogP contribution >= 0.6 is 0 Å². The van der Waals surface area contributed by atoms with E-state index in [-0.39, 0.29) is 5.97 Å². The number of ether oxygens (including phenoxy) is 1. The predicted octanol–water partition coefficient (Wildman–Crippen LogP) is 2.35. The highest BCUT2D eigenvalue weighted by atomic mass is 16.6. The third-order valence-corrected chi connectivity index (χ3v) is 3.82. The Labute approximate surface area is 110 Å². The molecule has 0 atom stereocenters. The first-order valence-electron chi connectivity index (χ1n) is 7.12. The summed E-state index contributed by atoms with van der Waals surface area (Å²) in [6, 6.07) is 0. The van der Waals surface area contributed by atoms with E-state index < -0.39 is 5.60 Å². The Bertz CT molecular complexity index is 341. The smallest absolute Gasteiger partial charge is 0.304 e. The summed E-state index contributed by atoms with van der Waals surface area (Å²) >= 11 is 0. The van der Waals surface area contributed by atoms with Gasteiger partial charge in [0.2, 0.25) is 0 Å². The SMILES string of the molecule is CC(=O)OC1(C#CCN2CCCC2)CCCCC1. The van der Waals surface area contributed by atoms with Crippen molar-refractivity contribution >= 4 is 5.97 Å². The second kappa shape index (κ2) is 6.24. The summed E-state index contributed by atoms with van der Waals surface area (Å²) < 4.78 is 5.51. The molecule has 1 aliphatic carbocycles. The summed E-state index contributed by atoms with van der Waals surface area (Å²) in [6.45, 7) is 4.63. The lowest BCUT2D eigenvalue weighted by Gasteiger charge is -2.31. The van der Waals surface area contributed by atoms with Crippen LogP contribution in [0.4, 0.5) is 0 Å². The Kier molecular flexibility index (Phi) is 4.66. The van der Waals surface area contributed by atoms with Crippen molar-refractivity contribution in [2.75, 3.05) is 19.6 Å². The van der Waals surface area contributed by atoms with E-state index in [1.807, 2.05) is 0 Å². The van der Waals surface area contributed by atoms with E-state index in [1.165, 1.54) is 26.2 Å². The summed E-state index contributed by atoms with van der Waals surface area (Å²) in [5.74, 6) is 6.30. The molecule has 1 aliphatic heterocycles. The third kappa shape index (κ3) is 3.74. The fraction of sp³-hybridized carbons (Fsp3) is 0.800. The zero-order valence-corrected chi connectivity index (χ0v) is 11.3. The number of hydrogen-bond acceptors (Lipinski definition) is 3. The van der Waals surface area contributed by atoms with Crippen LogP contribution in [0.1, 0.15) is 51.9 Å². The molecule has 1 saturated heterocycles. The average molecular weight is 249 g/mol. The molecule has 1 heterocycles. The van der Waals surface area contributed by atoms with E-state index in [9.17, 15) is 4.79 Å².